The van der Waals surface area contributed by atoms with Crippen molar-refractivity contribution in [3.63, 3.8) is 0 Å². The molecule has 8 heteroatoms. The second-order valence-corrected chi connectivity index (χ2v) is 9.73. The fourth-order valence-electron chi connectivity index (χ4n) is 3.77. The molecular weight excluding hydrogens is 422 g/mol. The first kappa shape index (κ1) is 20.8. The Balaban J connectivity index is 1.57. The summed E-state index contributed by atoms with van der Waals surface area (Å²) in [6.07, 6.45) is 1.58. The molecule has 0 spiro atoms. The summed E-state index contributed by atoms with van der Waals surface area (Å²) in [6.45, 7) is 5.95. The van der Waals surface area contributed by atoms with E-state index in [1.807, 2.05) is 12.1 Å². The third-order valence-corrected chi connectivity index (χ3v) is 6.80. The van der Waals surface area contributed by atoms with E-state index in [1.165, 1.54) is 0 Å². The van der Waals surface area contributed by atoms with Crippen LogP contribution < -0.4 is 14.9 Å². The van der Waals surface area contributed by atoms with Crippen LogP contribution in [0.2, 0.25) is 5.02 Å². The van der Waals surface area contributed by atoms with Crippen molar-refractivity contribution >= 4 is 33.0 Å². The average Bonchev–Trinajstić information content (AvgIpc) is 3.24. The molecule has 0 saturated carbocycles. The van der Waals surface area contributed by atoms with Gasteiger partial charge in [0.05, 0.1) is 21.9 Å². The standard InChI is InChI=1S/C22H24ClN3O3S/c1-15-13-26(14-16(2)24-15)18-7-10-20(23)21(12-18)25-30(27,28)19-8-5-17(6-9-19)22-4-3-11-29-22/h3-12,15-16,24-25H,13-14H2,1-2H3. The number of benzene rings is 2. The van der Waals surface area contributed by atoms with E-state index < -0.39 is 10.0 Å². The first-order valence-corrected chi connectivity index (χ1v) is 11.7. The monoisotopic (exact) mass is 445 g/mol. The minimum absolute atomic E-state index is 0.156. The van der Waals surface area contributed by atoms with Crippen LogP contribution >= 0.6 is 11.6 Å². The molecule has 1 aliphatic rings. The van der Waals surface area contributed by atoms with Crippen molar-refractivity contribution in [2.45, 2.75) is 30.8 Å². The van der Waals surface area contributed by atoms with Crippen LogP contribution in [0.15, 0.2) is 70.2 Å². The van der Waals surface area contributed by atoms with Crippen LogP contribution in [-0.4, -0.2) is 33.6 Å². The number of sulfonamides is 1. The molecule has 1 aromatic heterocycles. The van der Waals surface area contributed by atoms with Gasteiger partial charge in [0.15, 0.2) is 0 Å². The summed E-state index contributed by atoms with van der Waals surface area (Å²) in [5.74, 6) is 0.683. The van der Waals surface area contributed by atoms with Crippen LogP contribution in [0.25, 0.3) is 11.3 Å². The number of anilines is 2. The number of hydrogen-bond acceptors (Lipinski definition) is 5. The van der Waals surface area contributed by atoms with Gasteiger partial charge in [-0.05, 0) is 68.4 Å². The highest BCUT2D eigenvalue weighted by molar-refractivity contribution is 7.92. The van der Waals surface area contributed by atoms with Crippen molar-refractivity contribution in [1.29, 1.82) is 0 Å². The first-order valence-electron chi connectivity index (χ1n) is 9.79. The molecule has 4 rings (SSSR count). The molecular formula is C22H24ClN3O3S. The summed E-state index contributed by atoms with van der Waals surface area (Å²) in [5, 5.41) is 3.85. The van der Waals surface area contributed by atoms with Gasteiger partial charge in [0.2, 0.25) is 0 Å². The van der Waals surface area contributed by atoms with E-state index in [1.54, 1.807) is 48.7 Å². The van der Waals surface area contributed by atoms with Gasteiger partial charge >= 0.3 is 0 Å². The van der Waals surface area contributed by atoms with Crippen LogP contribution in [0.4, 0.5) is 11.4 Å². The number of nitrogens with zero attached hydrogens (tertiary/aromatic N) is 1. The number of halogens is 1. The van der Waals surface area contributed by atoms with Gasteiger partial charge in [-0.2, -0.15) is 0 Å². The zero-order valence-corrected chi connectivity index (χ0v) is 18.4. The van der Waals surface area contributed by atoms with Crippen LogP contribution in [0.5, 0.6) is 0 Å². The molecule has 0 amide bonds. The van der Waals surface area contributed by atoms with Gasteiger partial charge in [-0.1, -0.05) is 11.6 Å². The molecule has 2 heterocycles. The summed E-state index contributed by atoms with van der Waals surface area (Å²) in [4.78, 5) is 2.39. The SMILES string of the molecule is CC1CN(c2ccc(Cl)c(NS(=O)(=O)c3ccc(-c4ccco4)cc3)c2)CC(C)N1. The zero-order valence-electron chi connectivity index (χ0n) is 16.8. The average molecular weight is 446 g/mol. The summed E-state index contributed by atoms with van der Waals surface area (Å²) < 4.78 is 33.8. The Labute approximate surface area is 181 Å². The molecule has 6 nitrogen and oxygen atoms in total. The molecule has 2 N–H and O–H groups in total. The largest absolute Gasteiger partial charge is 0.464 e. The first-order chi connectivity index (χ1) is 14.3. The molecule has 1 fully saturated rings. The lowest BCUT2D eigenvalue weighted by molar-refractivity contribution is 0.407. The third-order valence-electron chi connectivity index (χ3n) is 5.09. The van der Waals surface area contributed by atoms with Crippen molar-refractivity contribution in [3.05, 3.63) is 65.9 Å². The minimum atomic E-state index is -3.79. The number of nitrogens with one attached hydrogen (secondary N) is 2. The lowest BCUT2D eigenvalue weighted by atomic mass is 10.1. The summed E-state index contributed by atoms with van der Waals surface area (Å²) in [5.41, 5.74) is 2.11. The second kappa shape index (κ2) is 8.34. The Hall–Kier alpha value is -2.48. The maximum Gasteiger partial charge on any atom is 0.261 e. The predicted molar refractivity (Wildman–Crippen MR) is 121 cm³/mol. The number of hydrogen-bond donors (Lipinski definition) is 2. The molecule has 0 radical (unpaired) electrons. The highest BCUT2D eigenvalue weighted by atomic mass is 35.5. The fraction of sp³-hybridized carbons (Fsp3) is 0.273. The van der Waals surface area contributed by atoms with E-state index in [-0.39, 0.29) is 4.90 Å². The predicted octanol–water partition coefficient (Wildman–Crippen LogP) is 4.59. The normalized spacial score (nSPS) is 19.6. The quantitative estimate of drug-likeness (QED) is 0.601. The number of piperazine rings is 1. The topological polar surface area (TPSA) is 74.6 Å². The molecule has 0 bridgehead atoms. The molecule has 158 valence electrons. The van der Waals surface area contributed by atoms with E-state index in [0.717, 1.165) is 24.3 Å². The number of furan rings is 1. The Morgan fingerprint density at radius 3 is 2.40 bits per heavy atom. The highest BCUT2D eigenvalue weighted by Gasteiger charge is 2.23. The van der Waals surface area contributed by atoms with E-state index in [9.17, 15) is 8.42 Å². The molecule has 2 unspecified atom stereocenters. The molecule has 1 saturated heterocycles. The Kier molecular flexibility index (Phi) is 5.77. The van der Waals surface area contributed by atoms with Crippen molar-refractivity contribution in [1.82, 2.24) is 5.32 Å². The highest BCUT2D eigenvalue weighted by Crippen LogP contribution is 2.31. The van der Waals surface area contributed by atoms with Crippen molar-refractivity contribution < 1.29 is 12.8 Å². The molecule has 1 aliphatic heterocycles. The summed E-state index contributed by atoms with van der Waals surface area (Å²) in [6, 6.07) is 16.3. The summed E-state index contributed by atoms with van der Waals surface area (Å²) in [7, 11) is -3.79. The van der Waals surface area contributed by atoms with Gasteiger partial charge < -0.3 is 14.6 Å². The van der Waals surface area contributed by atoms with Gasteiger partial charge in [0.1, 0.15) is 5.76 Å². The lowest BCUT2D eigenvalue weighted by Crippen LogP contribution is -2.54. The molecule has 30 heavy (non-hydrogen) atoms. The number of rotatable bonds is 5. The fourth-order valence-corrected chi connectivity index (χ4v) is 5.06. The van der Waals surface area contributed by atoms with Crippen LogP contribution in [0, 0.1) is 0 Å². The zero-order chi connectivity index (χ0) is 21.3. The van der Waals surface area contributed by atoms with E-state index >= 15 is 0 Å². The van der Waals surface area contributed by atoms with Crippen LogP contribution in [-0.2, 0) is 10.0 Å². The maximum absolute atomic E-state index is 12.9. The Bertz CT molecular complexity index is 1110. The van der Waals surface area contributed by atoms with Crippen molar-refractivity contribution in [3.8, 4) is 11.3 Å². The third kappa shape index (κ3) is 4.48. The smallest absolute Gasteiger partial charge is 0.261 e. The summed E-state index contributed by atoms with van der Waals surface area (Å²) >= 11 is 6.31. The lowest BCUT2D eigenvalue weighted by Gasteiger charge is -2.37. The minimum Gasteiger partial charge on any atom is -0.464 e. The van der Waals surface area contributed by atoms with Gasteiger partial charge in [-0.3, -0.25) is 4.72 Å². The Morgan fingerprint density at radius 1 is 1.07 bits per heavy atom. The molecule has 2 atom stereocenters. The van der Waals surface area contributed by atoms with Crippen molar-refractivity contribution in [2.75, 3.05) is 22.7 Å². The van der Waals surface area contributed by atoms with E-state index in [2.05, 4.69) is 28.8 Å². The van der Waals surface area contributed by atoms with Crippen molar-refractivity contribution in [2.24, 2.45) is 0 Å². The van der Waals surface area contributed by atoms with Crippen LogP contribution in [0.3, 0.4) is 0 Å². The van der Waals surface area contributed by atoms with Gasteiger partial charge in [0.25, 0.3) is 10.0 Å². The van der Waals surface area contributed by atoms with Gasteiger partial charge in [-0.15, -0.1) is 0 Å². The Morgan fingerprint density at radius 2 is 1.77 bits per heavy atom. The van der Waals surface area contributed by atoms with Crippen LogP contribution in [0.1, 0.15) is 13.8 Å². The maximum atomic E-state index is 12.9. The second-order valence-electron chi connectivity index (χ2n) is 7.65. The molecule has 3 aromatic rings. The van der Waals surface area contributed by atoms with Gasteiger partial charge in [0, 0.05) is 36.4 Å². The molecule has 0 aliphatic carbocycles. The van der Waals surface area contributed by atoms with Gasteiger partial charge in [-0.25, -0.2) is 8.42 Å². The van der Waals surface area contributed by atoms with E-state index in [0.29, 0.717) is 28.6 Å². The molecule has 2 aromatic carbocycles. The van der Waals surface area contributed by atoms with E-state index in [4.69, 9.17) is 16.0 Å².